The highest BCUT2D eigenvalue weighted by atomic mass is 19.4. The number of carbonyl (C=O) groups is 1. The van der Waals surface area contributed by atoms with Gasteiger partial charge in [0, 0.05) is 18.2 Å². The molecule has 2 aromatic rings. The van der Waals surface area contributed by atoms with Gasteiger partial charge < -0.3 is 9.64 Å². The topological polar surface area (TPSA) is 42.4 Å². The maximum atomic E-state index is 13.0. The smallest absolute Gasteiger partial charge is 0.368 e. The van der Waals surface area contributed by atoms with Crippen molar-refractivity contribution < 1.29 is 22.7 Å². The van der Waals surface area contributed by atoms with E-state index in [-0.39, 0.29) is 17.9 Å². The Hall–Kier alpha value is -2.41. The van der Waals surface area contributed by atoms with Gasteiger partial charge in [0.1, 0.15) is 6.10 Å². The van der Waals surface area contributed by atoms with Crippen molar-refractivity contribution in [2.75, 3.05) is 19.7 Å². The van der Waals surface area contributed by atoms with Crippen LogP contribution >= 0.6 is 0 Å². The van der Waals surface area contributed by atoms with Crippen LogP contribution in [-0.4, -0.2) is 35.5 Å². The Morgan fingerprint density at radius 1 is 1.24 bits per heavy atom. The monoisotopic (exact) mass is 406 g/mol. The first-order valence-corrected chi connectivity index (χ1v) is 9.67. The zero-order valence-corrected chi connectivity index (χ0v) is 16.8. The summed E-state index contributed by atoms with van der Waals surface area (Å²) in [6.07, 6.45) is -4.34. The molecule has 1 amide bonds. The van der Waals surface area contributed by atoms with Gasteiger partial charge in [-0.25, -0.2) is 0 Å². The molecule has 3 rings (SSSR count). The largest absolute Gasteiger partial charge is 0.416 e. The van der Waals surface area contributed by atoms with E-state index in [4.69, 9.17) is 4.74 Å². The lowest BCUT2D eigenvalue weighted by atomic mass is 10.0. The number of aryl methyl sites for hydroxylation is 1. The molecule has 156 valence electrons. The van der Waals surface area contributed by atoms with Crippen molar-refractivity contribution in [3.63, 3.8) is 0 Å². The van der Waals surface area contributed by atoms with Crippen molar-refractivity contribution in [2.24, 2.45) is 5.92 Å². The standard InChI is InChI=1S/C22H25F3N2O2/c1-14(2)21(28)27-7-8-29-20(13-27)19-12-17(9-15(3)26-19)10-16-5-4-6-18(11-16)22(23,24)25/h4-6,9,11-12,14,20H,7-8,10,13H2,1-3H3/t20-/m1/s1. The van der Waals surface area contributed by atoms with Gasteiger partial charge in [0.15, 0.2) is 0 Å². The summed E-state index contributed by atoms with van der Waals surface area (Å²) in [5, 5.41) is 0. The number of benzene rings is 1. The van der Waals surface area contributed by atoms with Crippen molar-refractivity contribution in [3.05, 3.63) is 64.5 Å². The summed E-state index contributed by atoms with van der Waals surface area (Å²) >= 11 is 0. The molecule has 1 aromatic heterocycles. The molecule has 0 radical (unpaired) electrons. The van der Waals surface area contributed by atoms with Crippen LogP contribution < -0.4 is 0 Å². The summed E-state index contributed by atoms with van der Waals surface area (Å²) in [7, 11) is 0. The van der Waals surface area contributed by atoms with Crippen molar-refractivity contribution in [1.82, 2.24) is 9.88 Å². The molecule has 2 heterocycles. The van der Waals surface area contributed by atoms with E-state index in [0.29, 0.717) is 37.4 Å². The summed E-state index contributed by atoms with van der Waals surface area (Å²) in [6.45, 7) is 6.99. The molecule has 29 heavy (non-hydrogen) atoms. The molecule has 0 spiro atoms. The summed E-state index contributed by atoms with van der Waals surface area (Å²) in [4.78, 5) is 18.7. The van der Waals surface area contributed by atoms with Crippen LogP contribution in [0.25, 0.3) is 0 Å². The van der Waals surface area contributed by atoms with Gasteiger partial charge >= 0.3 is 6.18 Å². The maximum Gasteiger partial charge on any atom is 0.416 e. The molecule has 7 heteroatoms. The van der Waals surface area contributed by atoms with Crippen LogP contribution in [0.5, 0.6) is 0 Å². The second-order valence-electron chi connectivity index (χ2n) is 7.71. The van der Waals surface area contributed by atoms with Crippen LogP contribution in [0, 0.1) is 12.8 Å². The predicted octanol–water partition coefficient (Wildman–Crippen LogP) is 4.56. The molecule has 1 fully saturated rings. The van der Waals surface area contributed by atoms with Crippen LogP contribution in [0.4, 0.5) is 13.2 Å². The summed E-state index contributed by atoms with van der Waals surface area (Å²) in [5.41, 5.74) is 2.26. The number of pyridine rings is 1. The highest BCUT2D eigenvalue weighted by molar-refractivity contribution is 5.78. The third-order valence-electron chi connectivity index (χ3n) is 4.90. The Morgan fingerprint density at radius 3 is 2.69 bits per heavy atom. The molecule has 1 aliphatic rings. The third-order valence-corrected chi connectivity index (χ3v) is 4.90. The zero-order valence-electron chi connectivity index (χ0n) is 16.8. The molecule has 0 N–H and O–H groups in total. The lowest BCUT2D eigenvalue weighted by molar-refractivity contribution is -0.142. The van der Waals surface area contributed by atoms with Gasteiger partial charge in [-0.3, -0.25) is 9.78 Å². The van der Waals surface area contributed by atoms with E-state index in [1.54, 1.807) is 11.0 Å². The Kier molecular flexibility index (Phi) is 6.27. The Labute approximate surface area is 168 Å². The molecule has 1 saturated heterocycles. The Bertz CT molecular complexity index is 881. The lowest BCUT2D eigenvalue weighted by Crippen LogP contribution is -2.44. The number of ether oxygens (including phenoxy) is 1. The fraction of sp³-hybridized carbons (Fsp3) is 0.455. The first-order valence-electron chi connectivity index (χ1n) is 9.67. The van der Waals surface area contributed by atoms with Gasteiger partial charge in [-0.1, -0.05) is 32.0 Å². The normalized spacial score (nSPS) is 17.6. The predicted molar refractivity (Wildman–Crippen MR) is 103 cm³/mol. The fourth-order valence-electron chi connectivity index (χ4n) is 3.52. The van der Waals surface area contributed by atoms with Gasteiger partial charge in [0.2, 0.25) is 5.91 Å². The van der Waals surface area contributed by atoms with Crippen molar-refractivity contribution in [1.29, 1.82) is 0 Å². The first kappa shape index (κ1) is 21.3. The minimum Gasteiger partial charge on any atom is -0.368 e. The number of hydrogen-bond donors (Lipinski definition) is 0. The van der Waals surface area contributed by atoms with E-state index in [1.165, 1.54) is 12.1 Å². The highest BCUT2D eigenvalue weighted by Crippen LogP contribution is 2.30. The second kappa shape index (κ2) is 8.53. The first-order chi connectivity index (χ1) is 13.6. The van der Waals surface area contributed by atoms with E-state index >= 15 is 0 Å². The molecule has 1 aliphatic heterocycles. The Morgan fingerprint density at radius 2 is 2.00 bits per heavy atom. The van der Waals surface area contributed by atoms with E-state index in [1.807, 2.05) is 32.9 Å². The van der Waals surface area contributed by atoms with Gasteiger partial charge in [-0.05, 0) is 42.7 Å². The van der Waals surface area contributed by atoms with E-state index < -0.39 is 11.7 Å². The van der Waals surface area contributed by atoms with E-state index in [0.717, 1.165) is 17.3 Å². The van der Waals surface area contributed by atoms with Gasteiger partial charge in [-0.2, -0.15) is 13.2 Å². The highest BCUT2D eigenvalue weighted by Gasteiger charge is 2.30. The van der Waals surface area contributed by atoms with Crippen molar-refractivity contribution >= 4 is 5.91 Å². The number of hydrogen-bond acceptors (Lipinski definition) is 3. The summed E-state index contributed by atoms with van der Waals surface area (Å²) in [5.74, 6) is -0.00849. The average molecular weight is 406 g/mol. The SMILES string of the molecule is Cc1cc(Cc2cccc(C(F)(F)F)c2)cc([C@H]2CN(C(=O)C(C)C)CCO2)n1. The molecule has 1 atom stereocenters. The van der Waals surface area contributed by atoms with Crippen LogP contribution in [-0.2, 0) is 22.1 Å². The molecule has 0 unspecified atom stereocenters. The number of rotatable bonds is 4. The molecule has 0 bridgehead atoms. The number of amides is 1. The Balaban J connectivity index is 1.81. The minimum atomic E-state index is -4.36. The van der Waals surface area contributed by atoms with Crippen molar-refractivity contribution in [2.45, 2.75) is 39.5 Å². The molecule has 4 nitrogen and oxygen atoms in total. The van der Waals surface area contributed by atoms with Crippen molar-refractivity contribution in [3.8, 4) is 0 Å². The number of halogens is 3. The lowest BCUT2D eigenvalue weighted by Gasteiger charge is -2.34. The maximum absolute atomic E-state index is 13.0. The third kappa shape index (κ3) is 5.35. The number of alkyl halides is 3. The van der Waals surface area contributed by atoms with Crippen LogP contribution in [0.1, 0.15) is 48.0 Å². The molecular formula is C22H25F3N2O2. The zero-order chi connectivity index (χ0) is 21.2. The molecular weight excluding hydrogens is 381 g/mol. The van der Waals surface area contributed by atoms with Crippen LogP contribution in [0.2, 0.25) is 0 Å². The van der Waals surface area contributed by atoms with Gasteiger partial charge in [0.25, 0.3) is 0 Å². The number of nitrogens with zero attached hydrogens (tertiary/aromatic N) is 2. The van der Waals surface area contributed by atoms with Crippen LogP contribution in [0.3, 0.4) is 0 Å². The molecule has 0 aliphatic carbocycles. The van der Waals surface area contributed by atoms with E-state index in [2.05, 4.69) is 4.98 Å². The van der Waals surface area contributed by atoms with Gasteiger partial charge in [-0.15, -0.1) is 0 Å². The van der Waals surface area contributed by atoms with E-state index in [9.17, 15) is 18.0 Å². The quantitative estimate of drug-likeness (QED) is 0.748. The summed E-state index contributed by atoms with van der Waals surface area (Å²) in [6, 6.07) is 9.08. The fourth-order valence-corrected chi connectivity index (χ4v) is 3.52. The van der Waals surface area contributed by atoms with Gasteiger partial charge in [0.05, 0.1) is 24.4 Å². The second-order valence-corrected chi connectivity index (χ2v) is 7.71. The number of morpholine rings is 1. The van der Waals surface area contributed by atoms with Crippen LogP contribution in [0.15, 0.2) is 36.4 Å². The number of carbonyl (C=O) groups excluding carboxylic acids is 1. The molecule has 0 saturated carbocycles. The number of aromatic nitrogens is 1. The average Bonchev–Trinajstić information content (AvgIpc) is 2.66. The summed E-state index contributed by atoms with van der Waals surface area (Å²) < 4.78 is 44.8. The minimum absolute atomic E-state index is 0.0788. The molecule has 1 aromatic carbocycles.